The molecule has 1 aliphatic heterocycles. The third-order valence-electron chi connectivity index (χ3n) is 3.78. The molecule has 6 heteroatoms. The summed E-state index contributed by atoms with van der Waals surface area (Å²) >= 11 is 0. The first-order valence-corrected chi connectivity index (χ1v) is 7.20. The van der Waals surface area contributed by atoms with Gasteiger partial charge in [0.1, 0.15) is 6.04 Å². The fraction of sp³-hybridized carbons (Fsp3) is 0.188. The molecule has 2 N–H and O–H groups in total. The minimum Gasteiger partial charge on any atom is -0.337 e. The molecule has 2 aromatic heterocycles. The lowest BCUT2D eigenvalue weighted by Gasteiger charge is -2.08. The first kappa shape index (κ1) is 13.1. The molecule has 2 unspecified atom stereocenters. The van der Waals surface area contributed by atoms with Crippen LogP contribution in [0.3, 0.4) is 0 Å². The Morgan fingerprint density at radius 3 is 2.55 bits per heavy atom. The zero-order valence-corrected chi connectivity index (χ0v) is 11.8. The van der Waals surface area contributed by atoms with Crippen molar-refractivity contribution >= 4 is 0 Å². The molecule has 6 nitrogen and oxygen atoms in total. The molecule has 3 aromatic rings. The van der Waals surface area contributed by atoms with Gasteiger partial charge in [-0.1, -0.05) is 35.5 Å². The van der Waals surface area contributed by atoms with E-state index in [1.807, 2.05) is 30.3 Å². The fourth-order valence-corrected chi connectivity index (χ4v) is 2.62. The summed E-state index contributed by atoms with van der Waals surface area (Å²) in [4.78, 5) is 8.47. The van der Waals surface area contributed by atoms with E-state index < -0.39 is 0 Å². The Labute approximate surface area is 127 Å². The zero-order valence-electron chi connectivity index (χ0n) is 11.8. The summed E-state index contributed by atoms with van der Waals surface area (Å²) in [6, 6.07) is 14.3. The van der Waals surface area contributed by atoms with Crippen molar-refractivity contribution in [3.63, 3.8) is 0 Å². The van der Waals surface area contributed by atoms with E-state index >= 15 is 0 Å². The van der Waals surface area contributed by atoms with Crippen LogP contribution in [-0.2, 0) is 0 Å². The Balaban J connectivity index is 1.51. The van der Waals surface area contributed by atoms with Gasteiger partial charge in [-0.2, -0.15) is 4.98 Å². The summed E-state index contributed by atoms with van der Waals surface area (Å²) < 4.78 is 5.40. The van der Waals surface area contributed by atoms with Gasteiger partial charge in [0.25, 0.3) is 0 Å². The SMILES string of the molecule is c1ccc(C2CC(c3nc(-c4ccncc4)no3)NN2)cc1. The monoisotopic (exact) mass is 293 g/mol. The van der Waals surface area contributed by atoms with E-state index in [4.69, 9.17) is 4.52 Å². The van der Waals surface area contributed by atoms with E-state index in [-0.39, 0.29) is 12.1 Å². The predicted molar refractivity (Wildman–Crippen MR) is 80.3 cm³/mol. The molecule has 110 valence electrons. The van der Waals surface area contributed by atoms with Gasteiger partial charge in [-0.3, -0.25) is 4.98 Å². The first-order valence-electron chi connectivity index (χ1n) is 7.20. The standard InChI is InChI=1S/C16H15N5O/c1-2-4-11(5-3-1)13-10-14(20-19-13)16-18-15(21-22-16)12-6-8-17-9-7-12/h1-9,13-14,19-20H,10H2. The van der Waals surface area contributed by atoms with Gasteiger partial charge in [0.2, 0.25) is 11.7 Å². The van der Waals surface area contributed by atoms with E-state index in [0.29, 0.717) is 11.7 Å². The molecule has 2 atom stereocenters. The van der Waals surface area contributed by atoms with Crippen LogP contribution in [0.15, 0.2) is 59.4 Å². The average Bonchev–Trinajstić information content (AvgIpc) is 3.26. The molecule has 3 heterocycles. The third kappa shape index (κ3) is 2.49. The molecule has 22 heavy (non-hydrogen) atoms. The number of nitrogens with zero attached hydrogens (tertiary/aromatic N) is 3. The lowest BCUT2D eigenvalue weighted by Crippen LogP contribution is -2.26. The van der Waals surface area contributed by atoms with Crippen LogP contribution < -0.4 is 10.9 Å². The Bertz CT molecular complexity index is 743. The van der Waals surface area contributed by atoms with Crippen LogP contribution in [0.2, 0.25) is 0 Å². The van der Waals surface area contributed by atoms with E-state index in [1.54, 1.807) is 12.4 Å². The van der Waals surface area contributed by atoms with Gasteiger partial charge in [-0.05, 0) is 24.1 Å². The first-order chi connectivity index (χ1) is 10.9. The van der Waals surface area contributed by atoms with Crippen molar-refractivity contribution in [1.82, 2.24) is 26.0 Å². The number of pyridine rings is 1. The maximum atomic E-state index is 5.40. The summed E-state index contributed by atoms with van der Waals surface area (Å²) in [7, 11) is 0. The topological polar surface area (TPSA) is 75.9 Å². The molecule has 0 amide bonds. The lowest BCUT2D eigenvalue weighted by molar-refractivity contribution is 0.340. The van der Waals surface area contributed by atoms with Crippen LogP contribution in [0.1, 0.15) is 30.0 Å². The normalized spacial score (nSPS) is 21.1. The number of hydrogen-bond acceptors (Lipinski definition) is 6. The maximum absolute atomic E-state index is 5.40. The van der Waals surface area contributed by atoms with Crippen molar-refractivity contribution < 1.29 is 4.52 Å². The Morgan fingerprint density at radius 2 is 1.73 bits per heavy atom. The number of rotatable bonds is 3. The lowest BCUT2D eigenvalue weighted by atomic mass is 10.0. The van der Waals surface area contributed by atoms with Crippen molar-refractivity contribution in [2.45, 2.75) is 18.5 Å². The second kappa shape index (κ2) is 5.67. The Kier molecular flexibility index (Phi) is 3.38. The van der Waals surface area contributed by atoms with Gasteiger partial charge >= 0.3 is 0 Å². The minimum absolute atomic E-state index is 0.00768. The van der Waals surface area contributed by atoms with Crippen molar-refractivity contribution in [3.05, 3.63) is 66.3 Å². The largest absolute Gasteiger partial charge is 0.337 e. The van der Waals surface area contributed by atoms with Gasteiger partial charge in [0.15, 0.2) is 0 Å². The molecular weight excluding hydrogens is 278 g/mol. The molecule has 1 saturated heterocycles. The number of aromatic nitrogens is 3. The van der Waals surface area contributed by atoms with Crippen molar-refractivity contribution in [2.75, 3.05) is 0 Å². The van der Waals surface area contributed by atoms with E-state index in [0.717, 1.165) is 12.0 Å². The summed E-state index contributed by atoms with van der Waals surface area (Å²) in [5.74, 6) is 1.18. The number of hydrogen-bond donors (Lipinski definition) is 2. The highest BCUT2D eigenvalue weighted by molar-refractivity contribution is 5.52. The van der Waals surface area contributed by atoms with Gasteiger partial charge < -0.3 is 4.52 Å². The summed E-state index contributed by atoms with van der Waals surface area (Å²) in [5.41, 5.74) is 8.65. The van der Waals surface area contributed by atoms with Crippen LogP contribution in [-0.4, -0.2) is 15.1 Å². The van der Waals surface area contributed by atoms with Crippen molar-refractivity contribution in [3.8, 4) is 11.4 Å². The highest BCUT2D eigenvalue weighted by Gasteiger charge is 2.30. The quantitative estimate of drug-likeness (QED) is 0.772. The van der Waals surface area contributed by atoms with E-state index in [2.05, 4.69) is 38.1 Å². The van der Waals surface area contributed by atoms with Gasteiger partial charge in [0, 0.05) is 24.0 Å². The number of hydrazine groups is 1. The van der Waals surface area contributed by atoms with Gasteiger partial charge in [0.05, 0.1) is 0 Å². The molecule has 4 rings (SSSR count). The average molecular weight is 293 g/mol. The fourth-order valence-electron chi connectivity index (χ4n) is 2.62. The van der Waals surface area contributed by atoms with Gasteiger partial charge in [-0.15, -0.1) is 0 Å². The predicted octanol–water partition coefficient (Wildman–Crippen LogP) is 2.41. The van der Waals surface area contributed by atoms with E-state index in [1.165, 1.54) is 5.56 Å². The summed E-state index contributed by atoms with van der Waals surface area (Å²) in [5, 5.41) is 4.05. The molecular formula is C16H15N5O. The molecule has 0 aliphatic carbocycles. The molecule has 0 spiro atoms. The number of nitrogens with one attached hydrogen (secondary N) is 2. The third-order valence-corrected chi connectivity index (χ3v) is 3.78. The van der Waals surface area contributed by atoms with Crippen molar-refractivity contribution in [1.29, 1.82) is 0 Å². The van der Waals surface area contributed by atoms with Gasteiger partial charge in [-0.25, -0.2) is 10.9 Å². The van der Waals surface area contributed by atoms with Crippen molar-refractivity contribution in [2.24, 2.45) is 0 Å². The Hall–Kier alpha value is -2.57. The highest BCUT2D eigenvalue weighted by atomic mass is 16.5. The minimum atomic E-state index is 0.00768. The molecule has 0 saturated carbocycles. The van der Waals surface area contributed by atoms with Crippen LogP contribution in [0.4, 0.5) is 0 Å². The molecule has 1 aliphatic rings. The number of benzene rings is 1. The highest BCUT2D eigenvalue weighted by Crippen LogP contribution is 2.30. The molecule has 0 bridgehead atoms. The van der Waals surface area contributed by atoms with Crippen LogP contribution >= 0.6 is 0 Å². The molecule has 0 radical (unpaired) electrons. The van der Waals surface area contributed by atoms with Crippen LogP contribution in [0, 0.1) is 0 Å². The second-order valence-corrected chi connectivity index (χ2v) is 5.23. The van der Waals surface area contributed by atoms with Crippen LogP contribution in [0.25, 0.3) is 11.4 Å². The second-order valence-electron chi connectivity index (χ2n) is 5.23. The Morgan fingerprint density at radius 1 is 0.955 bits per heavy atom. The smallest absolute Gasteiger partial charge is 0.245 e. The maximum Gasteiger partial charge on any atom is 0.245 e. The molecule has 1 aromatic carbocycles. The summed E-state index contributed by atoms with van der Waals surface area (Å²) in [6.07, 6.45) is 4.29. The van der Waals surface area contributed by atoms with E-state index in [9.17, 15) is 0 Å². The summed E-state index contributed by atoms with van der Waals surface area (Å²) in [6.45, 7) is 0. The molecule has 1 fully saturated rings. The zero-order chi connectivity index (χ0) is 14.8. The van der Waals surface area contributed by atoms with Crippen LogP contribution in [0.5, 0.6) is 0 Å².